The Labute approximate surface area is 154 Å². The van der Waals surface area contributed by atoms with E-state index in [0.29, 0.717) is 12.8 Å². The molecule has 7 unspecified atom stereocenters. The summed E-state index contributed by atoms with van der Waals surface area (Å²) in [5.41, 5.74) is -2.35. The third-order valence-corrected chi connectivity index (χ3v) is 8.20. The minimum absolute atomic E-state index is 0.0804. The molecular formula is C20H30O6. The molecule has 2 aliphatic carbocycles. The number of fused-ring (bicyclic) bond motifs is 2. The molecule has 6 nitrogen and oxygen atoms in total. The molecule has 0 aromatic carbocycles. The fourth-order valence-corrected chi connectivity index (χ4v) is 6.82. The van der Waals surface area contributed by atoms with E-state index in [1.54, 1.807) is 0 Å². The Bertz CT molecular complexity index is 648. The summed E-state index contributed by atoms with van der Waals surface area (Å²) in [5, 5.41) is 20.9. The molecule has 2 spiro atoms. The van der Waals surface area contributed by atoms with Crippen molar-refractivity contribution in [2.75, 3.05) is 13.2 Å². The van der Waals surface area contributed by atoms with Gasteiger partial charge in [-0.3, -0.25) is 9.59 Å². The summed E-state index contributed by atoms with van der Waals surface area (Å²) >= 11 is 0. The van der Waals surface area contributed by atoms with E-state index in [9.17, 15) is 19.8 Å². The normalized spacial score (nSPS) is 54.0. The van der Waals surface area contributed by atoms with Crippen LogP contribution in [-0.4, -0.2) is 52.5 Å². The summed E-state index contributed by atoms with van der Waals surface area (Å²) in [6.07, 6.45) is 3.02. The molecule has 0 amide bonds. The lowest BCUT2D eigenvalue weighted by atomic mass is 9.43. The Hall–Kier alpha value is -0.980. The van der Waals surface area contributed by atoms with Crippen molar-refractivity contribution in [1.29, 1.82) is 0 Å². The second-order valence-corrected chi connectivity index (χ2v) is 9.66. The third-order valence-electron chi connectivity index (χ3n) is 8.20. The lowest BCUT2D eigenvalue weighted by molar-refractivity contribution is -0.259. The lowest BCUT2D eigenvalue weighted by Gasteiger charge is -2.63. The number of carbonyl (C=O) groups excluding carboxylic acids is 2. The molecule has 26 heavy (non-hydrogen) atoms. The van der Waals surface area contributed by atoms with E-state index in [1.807, 2.05) is 13.8 Å². The fraction of sp³-hybridized carbons (Fsp3) is 0.900. The number of ketones is 1. The van der Waals surface area contributed by atoms with Crippen molar-refractivity contribution >= 4 is 11.8 Å². The molecule has 4 rings (SSSR count). The minimum Gasteiger partial charge on any atom is -0.463 e. The van der Waals surface area contributed by atoms with Crippen molar-refractivity contribution in [3.63, 3.8) is 0 Å². The van der Waals surface area contributed by atoms with E-state index in [-0.39, 0.29) is 37.3 Å². The first kappa shape index (κ1) is 18.4. The molecule has 6 heteroatoms. The Morgan fingerprint density at radius 2 is 1.88 bits per heavy atom. The average Bonchev–Trinajstić information content (AvgIpc) is 3.16. The number of cyclic esters (lactones) is 1. The summed E-state index contributed by atoms with van der Waals surface area (Å²) < 4.78 is 11.9. The van der Waals surface area contributed by atoms with Crippen LogP contribution in [0.15, 0.2) is 0 Å². The maximum Gasteiger partial charge on any atom is 0.308 e. The predicted octanol–water partition coefficient (Wildman–Crippen LogP) is 1.61. The quantitative estimate of drug-likeness (QED) is 0.685. The van der Waals surface area contributed by atoms with Gasteiger partial charge in [-0.25, -0.2) is 0 Å². The molecule has 2 heterocycles. The summed E-state index contributed by atoms with van der Waals surface area (Å²) in [6, 6.07) is 0. The van der Waals surface area contributed by atoms with Gasteiger partial charge in [0.05, 0.1) is 12.0 Å². The Morgan fingerprint density at radius 1 is 1.15 bits per heavy atom. The van der Waals surface area contributed by atoms with Gasteiger partial charge in [0.15, 0.2) is 5.78 Å². The highest BCUT2D eigenvalue weighted by atomic mass is 16.6. The van der Waals surface area contributed by atoms with Gasteiger partial charge in [-0.2, -0.15) is 0 Å². The van der Waals surface area contributed by atoms with Crippen LogP contribution in [0.1, 0.15) is 59.3 Å². The Morgan fingerprint density at radius 3 is 2.50 bits per heavy atom. The van der Waals surface area contributed by atoms with Crippen LogP contribution in [0.4, 0.5) is 0 Å². The number of ether oxygens (including phenoxy) is 2. The second kappa shape index (κ2) is 5.52. The SMILES string of the molecule is CC1C(O)C(=O)C2C(C)(CO)CCCC2(C)C12CCC1(COC(=O)C1)O2. The molecular weight excluding hydrogens is 336 g/mol. The molecule has 0 bridgehead atoms. The van der Waals surface area contributed by atoms with Crippen LogP contribution in [0.25, 0.3) is 0 Å². The number of aliphatic hydroxyl groups is 2. The van der Waals surface area contributed by atoms with Crippen LogP contribution in [-0.2, 0) is 19.1 Å². The Balaban J connectivity index is 1.81. The van der Waals surface area contributed by atoms with Gasteiger partial charge in [0, 0.05) is 29.3 Å². The molecule has 2 saturated heterocycles. The zero-order chi connectivity index (χ0) is 19.0. The molecule has 4 aliphatic rings. The van der Waals surface area contributed by atoms with Gasteiger partial charge in [0.1, 0.15) is 18.3 Å². The largest absolute Gasteiger partial charge is 0.463 e. The van der Waals surface area contributed by atoms with E-state index < -0.39 is 34.1 Å². The van der Waals surface area contributed by atoms with E-state index in [4.69, 9.17) is 9.47 Å². The van der Waals surface area contributed by atoms with Gasteiger partial charge in [-0.05, 0) is 25.7 Å². The van der Waals surface area contributed by atoms with E-state index in [2.05, 4.69) is 6.92 Å². The van der Waals surface area contributed by atoms with Gasteiger partial charge in [0.25, 0.3) is 0 Å². The highest BCUT2D eigenvalue weighted by molar-refractivity contribution is 5.89. The molecule has 0 aromatic heterocycles. The standard InChI is InChI=1S/C20H30O6/c1-12-14(23)15(24)16-17(2,10-21)5-4-6-18(16,3)20(12)8-7-19(26-20)9-13(22)25-11-19/h12,14,16,21,23H,4-11H2,1-3H3. The highest BCUT2D eigenvalue weighted by Gasteiger charge is 2.72. The summed E-state index contributed by atoms with van der Waals surface area (Å²) in [4.78, 5) is 24.9. The lowest BCUT2D eigenvalue weighted by Crippen LogP contribution is -2.70. The maximum absolute atomic E-state index is 13.2. The number of Topliss-reactive ketones (excluding diaryl/α,β-unsaturated/α-hetero) is 1. The summed E-state index contributed by atoms with van der Waals surface area (Å²) in [7, 11) is 0. The molecule has 2 saturated carbocycles. The van der Waals surface area contributed by atoms with Crippen LogP contribution >= 0.6 is 0 Å². The second-order valence-electron chi connectivity index (χ2n) is 9.66. The van der Waals surface area contributed by atoms with Crippen LogP contribution < -0.4 is 0 Å². The third kappa shape index (κ3) is 2.09. The first-order valence-electron chi connectivity index (χ1n) is 9.82. The number of carbonyl (C=O) groups is 2. The molecule has 146 valence electrons. The van der Waals surface area contributed by atoms with Gasteiger partial charge < -0.3 is 19.7 Å². The van der Waals surface area contributed by atoms with Crippen molar-refractivity contribution in [3.05, 3.63) is 0 Å². The molecule has 0 radical (unpaired) electrons. The maximum atomic E-state index is 13.2. The zero-order valence-electron chi connectivity index (χ0n) is 15.9. The van der Waals surface area contributed by atoms with E-state index >= 15 is 0 Å². The average molecular weight is 366 g/mol. The monoisotopic (exact) mass is 366 g/mol. The van der Waals surface area contributed by atoms with Crippen LogP contribution in [0, 0.1) is 22.7 Å². The van der Waals surface area contributed by atoms with Gasteiger partial charge in [-0.15, -0.1) is 0 Å². The van der Waals surface area contributed by atoms with Crippen molar-refractivity contribution in [3.8, 4) is 0 Å². The number of hydrogen-bond donors (Lipinski definition) is 2. The molecule has 4 fully saturated rings. The molecule has 7 atom stereocenters. The van der Waals surface area contributed by atoms with Crippen molar-refractivity contribution < 1.29 is 29.3 Å². The zero-order valence-corrected chi connectivity index (χ0v) is 15.9. The highest BCUT2D eigenvalue weighted by Crippen LogP contribution is 2.67. The van der Waals surface area contributed by atoms with Crippen LogP contribution in [0.2, 0.25) is 0 Å². The topological polar surface area (TPSA) is 93.1 Å². The fourth-order valence-electron chi connectivity index (χ4n) is 6.82. The number of hydrogen-bond acceptors (Lipinski definition) is 6. The van der Waals surface area contributed by atoms with Crippen molar-refractivity contribution in [1.82, 2.24) is 0 Å². The predicted molar refractivity (Wildman–Crippen MR) is 92.2 cm³/mol. The molecule has 2 N–H and O–H groups in total. The van der Waals surface area contributed by atoms with Gasteiger partial charge in [0.2, 0.25) is 0 Å². The van der Waals surface area contributed by atoms with Crippen molar-refractivity contribution in [2.45, 2.75) is 76.6 Å². The van der Waals surface area contributed by atoms with E-state index in [1.165, 1.54) is 0 Å². The summed E-state index contributed by atoms with van der Waals surface area (Å²) in [6.45, 7) is 6.12. The smallest absolute Gasteiger partial charge is 0.308 e. The van der Waals surface area contributed by atoms with Gasteiger partial charge >= 0.3 is 5.97 Å². The Kier molecular flexibility index (Phi) is 3.90. The minimum atomic E-state index is -1.11. The van der Waals surface area contributed by atoms with E-state index in [0.717, 1.165) is 19.3 Å². The summed E-state index contributed by atoms with van der Waals surface area (Å²) in [5.74, 6) is -1.21. The van der Waals surface area contributed by atoms with Gasteiger partial charge in [-0.1, -0.05) is 27.2 Å². The molecule has 0 aromatic rings. The van der Waals surface area contributed by atoms with Crippen molar-refractivity contribution in [2.24, 2.45) is 22.7 Å². The number of aliphatic hydroxyl groups excluding tert-OH is 2. The molecule has 2 aliphatic heterocycles. The van der Waals surface area contributed by atoms with Crippen LogP contribution in [0.5, 0.6) is 0 Å². The first-order valence-corrected chi connectivity index (χ1v) is 9.82. The van der Waals surface area contributed by atoms with Crippen LogP contribution in [0.3, 0.4) is 0 Å². The number of esters is 1. The number of rotatable bonds is 1. The first-order chi connectivity index (χ1) is 12.1.